The molecule has 5 heterocycles. The molecule has 0 aromatic carbocycles. The first kappa shape index (κ1) is 31.9. The zero-order valence-electron chi connectivity index (χ0n) is 21.3. The third-order valence-corrected chi connectivity index (χ3v) is 9.90. The van der Waals surface area contributed by atoms with Gasteiger partial charge in [0.2, 0.25) is 0 Å². The molecule has 0 bridgehead atoms. The van der Waals surface area contributed by atoms with Gasteiger partial charge < -0.3 is 54.5 Å². The molecule has 0 spiro atoms. The van der Waals surface area contributed by atoms with Crippen molar-refractivity contribution in [3.63, 3.8) is 0 Å². The first-order valence-corrected chi connectivity index (χ1v) is 16.1. The maximum Gasteiger partial charge on any atom is 0.330 e. The van der Waals surface area contributed by atoms with Crippen LogP contribution in [0.15, 0.2) is 34.5 Å². The van der Waals surface area contributed by atoms with E-state index in [1.807, 2.05) is 4.98 Å². The minimum atomic E-state index is -5.52. The third-order valence-electron chi connectivity index (χ3n) is 6.45. The number of phosphoric acid groups is 1. The fourth-order valence-corrected chi connectivity index (χ4v) is 7.31. The van der Waals surface area contributed by atoms with Crippen LogP contribution in [0.1, 0.15) is 12.5 Å². The van der Waals surface area contributed by atoms with Gasteiger partial charge in [-0.25, -0.2) is 19.7 Å². The van der Waals surface area contributed by atoms with Crippen LogP contribution >= 0.6 is 14.5 Å². The molecule has 10 atom stereocenters. The number of rotatable bonds is 10. The van der Waals surface area contributed by atoms with Gasteiger partial charge in [0.05, 0.1) is 19.5 Å². The number of fused-ring (bicyclic) bond motifs is 1. The lowest BCUT2D eigenvalue weighted by atomic mass is 10.1. The van der Waals surface area contributed by atoms with Gasteiger partial charge in [0.1, 0.15) is 55.2 Å². The van der Waals surface area contributed by atoms with Gasteiger partial charge in [-0.05, 0) is 0 Å². The number of nitrogens with zero attached hydrogens (tertiary/aromatic N) is 5. The van der Waals surface area contributed by atoms with Crippen LogP contribution < -0.4 is 26.8 Å². The summed E-state index contributed by atoms with van der Waals surface area (Å²) >= 11 is 4.60. The van der Waals surface area contributed by atoms with Gasteiger partial charge in [-0.1, -0.05) is 11.8 Å². The van der Waals surface area contributed by atoms with Gasteiger partial charge in [-0.15, -0.1) is 0 Å². The number of nitrogens with one attached hydrogen (secondary N) is 1. The summed E-state index contributed by atoms with van der Waals surface area (Å²) in [6.45, 7) is -6.65. The van der Waals surface area contributed by atoms with E-state index in [1.54, 1.807) is 0 Å². The zero-order chi connectivity index (χ0) is 31.3. The maximum atomic E-state index is 12.6. The maximum absolute atomic E-state index is 12.6. The van der Waals surface area contributed by atoms with Crippen molar-refractivity contribution >= 4 is 43.3 Å². The summed E-state index contributed by atoms with van der Waals surface area (Å²) in [6.07, 6.45) is -8.99. The molecule has 2 fully saturated rings. The highest BCUT2D eigenvalue weighted by molar-refractivity contribution is 8.07. The van der Waals surface area contributed by atoms with E-state index in [2.05, 4.69) is 35.6 Å². The number of anilines is 1. The number of phosphoric ester groups is 1. The molecule has 2 saturated heterocycles. The van der Waals surface area contributed by atoms with Crippen LogP contribution in [0, 0.1) is 0 Å². The van der Waals surface area contributed by atoms with E-state index >= 15 is 0 Å². The second kappa shape index (κ2) is 12.1. The summed E-state index contributed by atoms with van der Waals surface area (Å²) in [6, 6.07) is 0.954. The monoisotopic (exact) mass is 667 g/mol. The van der Waals surface area contributed by atoms with Gasteiger partial charge in [0, 0.05) is 12.3 Å². The van der Waals surface area contributed by atoms with Crippen molar-refractivity contribution in [3.05, 3.63) is 45.8 Å². The fourth-order valence-electron chi connectivity index (χ4n) is 4.38. The fraction of sp³-hybridized carbons (Fsp3) is 0.526. The number of imidazole rings is 1. The molecule has 24 heteroatoms. The van der Waals surface area contributed by atoms with Gasteiger partial charge in [-0.2, -0.15) is 0 Å². The van der Waals surface area contributed by atoms with Crippen LogP contribution in [0.3, 0.4) is 0 Å². The normalized spacial score (nSPS) is 32.1. The summed E-state index contributed by atoms with van der Waals surface area (Å²) in [5.74, 6) is 0.0550. The van der Waals surface area contributed by atoms with Gasteiger partial charge >= 0.3 is 5.69 Å². The van der Waals surface area contributed by atoms with E-state index in [-0.39, 0.29) is 17.0 Å². The molecule has 7 N–H and O–H groups in total. The van der Waals surface area contributed by atoms with Crippen molar-refractivity contribution in [2.75, 3.05) is 18.9 Å². The van der Waals surface area contributed by atoms with Crippen molar-refractivity contribution in [2.45, 2.75) is 49.1 Å². The molecule has 3 aromatic heterocycles. The number of aliphatic hydroxyl groups excluding tert-OH is 4. The van der Waals surface area contributed by atoms with Crippen LogP contribution in [-0.4, -0.2) is 99.3 Å². The van der Waals surface area contributed by atoms with E-state index < -0.39 is 88.1 Å². The molecule has 43 heavy (non-hydrogen) atoms. The Kier molecular flexibility index (Phi) is 8.97. The Bertz CT molecular complexity index is 1700. The van der Waals surface area contributed by atoms with Crippen molar-refractivity contribution in [1.82, 2.24) is 29.1 Å². The smallest absolute Gasteiger partial charge is 0.330 e. The highest BCUT2D eigenvalue weighted by Gasteiger charge is 2.46. The van der Waals surface area contributed by atoms with Gasteiger partial charge in [0.25, 0.3) is 13.4 Å². The molecule has 21 nitrogen and oxygen atoms in total. The summed E-state index contributed by atoms with van der Waals surface area (Å²) in [7, 11) is -5.52. The lowest BCUT2D eigenvalue weighted by Crippen LogP contribution is -2.37. The predicted molar refractivity (Wildman–Crippen MR) is 138 cm³/mol. The molecule has 3 aromatic rings. The number of hydrogen-bond donors (Lipinski definition) is 6. The first-order valence-electron chi connectivity index (χ1n) is 12.1. The van der Waals surface area contributed by atoms with Crippen molar-refractivity contribution in [2.24, 2.45) is 0 Å². The Morgan fingerprint density at radius 3 is 2.21 bits per heavy atom. The highest BCUT2D eigenvalue weighted by atomic mass is 32.5. The Balaban J connectivity index is 1.16. The highest BCUT2D eigenvalue weighted by Crippen LogP contribution is 2.56. The molecule has 0 saturated carbocycles. The number of aliphatic hydroxyl groups is 4. The van der Waals surface area contributed by atoms with Crippen LogP contribution in [0.2, 0.25) is 0 Å². The topological polar surface area (TPSA) is 315 Å². The summed E-state index contributed by atoms with van der Waals surface area (Å²) in [5, 5.41) is 41.4. The molecule has 2 aliphatic heterocycles. The van der Waals surface area contributed by atoms with Crippen LogP contribution in [0.25, 0.3) is 11.2 Å². The summed E-state index contributed by atoms with van der Waals surface area (Å²) in [4.78, 5) is 61.9. The number of aromatic nitrogens is 6. The second-order valence-electron chi connectivity index (χ2n) is 9.26. The van der Waals surface area contributed by atoms with E-state index in [1.165, 1.54) is 10.9 Å². The third kappa shape index (κ3) is 6.62. The quantitative estimate of drug-likeness (QED) is 0.111. The average Bonchev–Trinajstić information content (AvgIpc) is 3.57. The van der Waals surface area contributed by atoms with Crippen molar-refractivity contribution in [3.8, 4) is 0 Å². The molecule has 0 radical (unpaired) electrons. The first-order chi connectivity index (χ1) is 20.2. The van der Waals surface area contributed by atoms with Crippen LogP contribution in [0.4, 0.5) is 5.82 Å². The molecular formula is C19H23N7O14P2S-2. The Morgan fingerprint density at radius 2 is 1.58 bits per heavy atom. The van der Waals surface area contributed by atoms with E-state index in [0.29, 0.717) is 0 Å². The minimum absolute atomic E-state index is 0.0550. The second-order valence-corrected chi connectivity index (χ2v) is 13.6. The van der Waals surface area contributed by atoms with Gasteiger partial charge in [0.15, 0.2) is 23.9 Å². The van der Waals surface area contributed by atoms with Gasteiger partial charge in [-0.3, -0.25) is 27.8 Å². The number of ether oxygens (including phenoxy) is 2. The van der Waals surface area contributed by atoms with Crippen LogP contribution in [0.5, 0.6) is 0 Å². The predicted octanol–water partition coefficient (Wildman–Crippen LogP) is -4.70. The number of nitrogen functional groups attached to an aromatic ring is 1. The number of nitrogens with two attached hydrogens (primary N) is 1. The number of aromatic amines is 1. The lowest BCUT2D eigenvalue weighted by Gasteiger charge is -2.35. The molecular weight excluding hydrogens is 644 g/mol. The summed E-state index contributed by atoms with van der Waals surface area (Å²) < 4.78 is 39.1. The minimum Gasteiger partial charge on any atom is -0.779 e. The van der Waals surface area contributed by atoms with E-state index in [4.69, 9.17) is 19.7 Å². The number of H-pyrrole nitrogens is 1. The standard InChI is InChI=1S/C19H25N7O14P2S/c20-15-10-16(22-5-21-15)26(6-23-10)18-14(31)12(29)8(39-18)4-37-42(35,43)40-41(33,34)36-3-7-11(28)13(30)17(38-7)25-2-1-9(27)24-19(25)32/h1-2,5-8,11-14,17-18,28-31H,3-4H2,(H,33,34)(H,35,43)(H2,20,21,22)(H,24,27,32)/p-2/t7-,8-,11-,12-,13-,14-,17-,18-,42?/m1/s1. The molecule has 2 aliphatic rings. The largest absolute Gasteiger partial charge is 0.779 e. The van der Waals surface area contributed by atoms with Crippen LogP contribution in [-0.2, 0) is 39.2 Å². The molecule has 236 valence electrons. The molecule has 5 rings (SSSR count). The molecule has 0 amide bonds. The Hall–Kier alpha value is -2.53. The lowest BCUT2D eigenvalue weighted by molar-refractivity contribution is -0.237. The van der Waals surface area contributed by atoms with Crippen molar-refractivity contribution < 1.29 is 57.6 Å². The average molecular weight is 667 g/mol. The molecule has 0 aliphatic carbocycles. The SMILES string of the molecule is Nc1ncnc2c1ncn2[C@@H]1O[C@H](COP([O-])(=S)OP(=O)([O-])OC[C@H]2O[C@@H](n3ccc(=O)[nH]c3=O)[C@H](O)[C@@H]2O)[C@@H](O)[C@H]1O. The molecule has 2 unspecified atom stereocenters. The van der Waals surface area contributed by atoms with E-state index in [9.17, 15) is 44.4 Å². The number of hydrogen-bond acceptors (Lipinski definition) is 19. The van der Waals surface area contributed by atoms with Crippen molar-refractivity contribution in [1.29, 1.82) is 0 Å². The van der Waals surface area contributed by atoms with E-state index in [0.717, 1.165) is 23.2 Å². The zero-order valence-corrected chi connectivity index (χ0v) is 23.9. The Labute approximate surface area is 243 Å². The Morgan fingerprint density at radius 1 is 0.977 bits per heavy atom. The summed E-state index contributed by atoms with van der Waals surface area (Å²) in [5.41, 5.74) is 4.42.